The van der Waals surface area contributed by atoms with Gasteiger partial charge in [-0.3, -0.25) is 4.79 Å². The van der Waals surface area contributed by atoms with Crippen LogP contribution in [0.5, 0.6) is 5.75 Å². The molecule has 5 heteroatoms. The van der Waals surface area contributed by atoms with Gasteiger partial charge >= 0.3 is 6.61 Å². The molecular weight excluding hydrogens is 336 g/mol. The van der Waals surface area contributed by atoms with Crippen molar-refractivity contribution < 1.29 is 18.3 Å². The lowest BCUT2D eigenvalue weighted by Gasteiger charge is -2.19. The zero-order chi connectivity index (χ0) is 19.2. The van der Waals surface area contributed by atoms with Crippen LogP contribution < -0.4 is 10.1 Å². The number of amides is 1. The largest absolute Gasteiger partial charge is 0.434 e. The van der Waals surface area contributed by atoms with Gasteiger partial charge in [-0.2, -0.15) is 8.78 Å². The van der Waals surface area contributed by atoms with Crippen molar-refractivity contribution in [2.45, 2.75) is 52.2 Å². The molecule has 1 amide bonds. The van der Waals surface area contributed by atoms with Gasteiger partial charge in [0.1, 0.15) is 5.75 Å². The summed E-state index contributed by atoms with van der Waals surface area (Å²) in [6.07, 6.45) is 0.970. The zero-order valence-corrected chi connectivity index (χ0v) is 15.4. The Labute approximate surface area is 153 Å². The highest BCUT2D eigenvalue weighted by atomic mass is 19.3. The van der Waals surface area contributed by atoms with Crippen molar-refractivity contribution in [3.8, 4) is 5.75 Å². The number of nitrogens with one attached hydrogen (secondary N) is 1. The van der Waals surface area contributed by atoms with Gasteiger partial charge in [-0.1, -0.05) is 63.2 Å². The summed E-state index contributed by atoms with van der Waals surface area (Å²) in [4.78, 5) is 12.0. The van der Waals surface area contributed by atoms with E-state index >= 15 is 0 Å². The number of rotatable bonds is 7. The van der Waals surface area contributed by atoms with Crippen LogP contribution in [0, 0.1) is 0 Å². The van der Waals surface area contributed by atoms with Crippen LogP contribution in [0.2, 0.25) is 0 Å². The quantitative estimate of drug-likeness (QED) is 0.767. The summed E-state index contributed by atoms with van der Waals surface area (Å²) in [7, 11) is 0. The predicted molar refractivity (Wildman–Crippen MR) is 98.4 cm³/mol. The fourth-order valence-corrected chi connectivity index (χ4v) is 2.57. The van der Waals surface area contributed by atoms with Crippen LogP contribution in [0.15, 0.2) is 48.5 Å². The van der Waals surface area contributed by atoms with Gasteiger partial charge in [-0.25, -0.2) is 0 Å². The van der Waals surface area contributed by atoms with Crippen molar-refractivity contribution in [3.05, 3.63) is 65.2 Å². The van der Waals surface area contributed by atoms with E-state index in [1.807, 2.05) is 12.1 Å². The molecule has 0 saturated carbocycles. The number of carbonyl (C=O) groups excluding carboxylic acids is 1. The molecule has 1 N–H and O–H groups in total. The number of hydrogen-bond acceptors (Lipinski definition) is 2. The van der Waals surface area contributed by atoms with E-state index in [4.69, 9.17) is 0 Å². The van der Waals surface area contributed by atoms with Crippen molar-refractivity contribution in [2.24, 2.45) is 0 Å². The van der Waals surface area contributed by atoms with E-state index in [1.165, 1.54) is 11.6 Å². The Balaban J connectivity index is 1.84. The first-order valence-electron chi connectivity index (χ1n) is 8.64. The summed E-state index contributed by atoms with van der Waals surface area (Å²) < 4.78 is 29.3. The first-order chi connectivity index (χ1) is 12.3. The fourth-order valence-electron chi connectivity index (χ4n) is 2.57. The summed E-state index contributed by atoms with van der Waals surface area (Å²) in [6.45, 7) is 3.74. The fraction of sp³-hybridized carbons (Fsp3) is 0.381. The minimum absolute atomic E-state index is 0.0839. The number of alkyl halides is 2. The third-order valence-electron chi connectivity index (χ3n) is 4.13. The Morgan fingerprint density at radius 2 is 1.73 bits per heavy atom. The highest BCUT2D eigenvalue weighted by Gasteiger charge is 2.13. The zero-order valence-electron chi connectivity index (χ0n) is 15.4. The number of aryl methyl sites for hydroxylation is 1. The van der Waals surface area contributed by atoms with Crippen molar-refractivity contribution in [2.75, 3.05) is 0 Å². The average molecular weight is 361 g/mol. The average Bonchev–Trinajstić information content (AvgIpc) is 2.58. The van der Waals surface area contributed by atoms with Gasteiger partial charge in [0.2, 0.25) is 5.91 Å². The minimum Gasteiger partial charge on any atom is -0.434 e. The predicted octanol–water partition coefficient (Wildman–Crippen LogP) is 4.83. The van der Waals surface area contributed by atoms with E-state index in [9.17, 15) is 13.6 Å². The molecule has 0 saturated heterocycles. The summed E-state index contributed by atoms with van der Waals surface area (Å²) in [6, 6.07) is 14.7. The molecule has 0 unspecified atom stereocenters. The molecular formula is C21H25F2NO2. The second-order valence-electron chi connectivity index (χ2n) is 7.21. The van der Waals surface area contributed by atoms with E-state index < -0.39 is 6.61 Å². The van der Waals surface area contributed by atoms with Crippen molar-refractivity contribution in [1.82, 2.24) is 5.32 Å². The summed E-state index contributed by atoms with van der Waals surface area (Å²) in [5.41, 5.74) is 2.97. The van der Waals surface area contributed by atoms with Gasteiger partial charge in [0.05, 0.1) is 0 Å². The SMILES string of the molecule is CC(C)(C)c1ccc(CCC(=O)NCc2ccccc2OC(F)F)cc1. The molecule has 3 nitrogen and oxygen atoms in total. The molecule has 0 radical (unpaired) electrons. The Morgan fingerprint density at radius 1 is 1.08 bits per heavy atom. The number of para-hydroxylation sites is 1. The molecule has 2 rings (SSSR count). The van der Waals surface area contributed by atoms with E-state index in [2.05, 4.69) is 43.0 Å². The van der Waals surface area contributed by atoms with Crippen molar-refractivity contribution in [1.29, 1.82) is 0 Å². The van der Waals surface area contributed by atoms with Crippen LogP contribution >= 0.6 is 0 Å². The van der Waals surface area contributed by atoms with Crippen LogP contribution in [0.4, 0.5) is 8.78 Å². The minimum atomic E-state index is -2.89. The molecule has 0 aliphatic heterocycles. The van der Waals surface area contributed by atoms with Crippen LogP contribution in [0.3, 0.4) is 0 Å². The molecule has 140 valence electrons. The standard InChI is InChI=1S/C21H25F2NO2/c1-21(2,3)17-11-8-15(9-12-17)10-13-19(25)24-14-16-6-4-5-7-18(16)26-20(22)23/h4-9,11-12,20H,10,13-14H2,1-3H3,(H,24,25). The Hall–Kier alpha value is -2.43. The molecule has 0 atom stereocenters. The summed E-state index contributed by atoms with van der Waals surface area (Å²) >= 11 is 0. The number of hydrogen-bond donors (Lipinski definition) is 1. The molecule has 0 aromatic heterocycles. The van der Waals surface area contributed by atoms with Crippen LogP contribution in [-0.4, -0.2) is 12.5 Å². The maximum absolute atomic E-state index is 12.4. The number of halogens is 2. The van der Waals surface area contributed by atoms with Gasteiger partial charge in [0, 0.05) is 18.5 Å². The Morgan fingerprint density at radius 3 is 2.35 bits per heavy atom. The number of benzene rings is 2. The molecule has 0 bridgehead atoms. The maximum Gasteiger partial charge on any atom is 0.387 e. The molecule has 2 aromatic rings. The molecule has 2 aromatic carbocycles. The summed E-state index contributed by atoms with van der Waals surface area (Å²) in [5.74, 6) is -0.0442. The summed E-state index contributed by atoms with van der Waals surface area (Å²) in [5, 5.41) is 2.75. The normalized spacial score (nSPS) is 11.5. The molecule has 0 fully saturated rings. The third kappa shape index (κ3) is 6.14. The first-order valence-corrected chi connectivity index (χ1v) is 8.64. The maximum atomic E-state index is 12.4. The molecule has 0 heterocycles. The van der Waals surface area contributed by atoms with Crippen LogP contribution in [0.25, 0.3) is 0 Å². The van der Waals surface area contributed by atoms with E-state index in [0.717, 1.165) is 5.56 Å². The van der Waals surface area contributed by atoms with Gasteiger partial charge < -0.3 is 10.1 Å². The van der Waals surface area contributed by atoms with Gasteiger partial charge in [-0.15, -0.1) is 0 Å². The number of carbonyl (C=O) groups is 1. The smallest absolute Gasteiger partial charge is 0.387 e. The van der Waals surface area contributed by atoms with Gasteiger partial charge in [0.15, 0.2) is 0 Å². The second kappa shape index (κ2) is 8.79. The first kappa shape index (κ1) is 19.9. The Bertz CT molecular complexity index is 722. The second-order valence-corrected chi connectivity index (χ2v) is 7.21. The van der Waals surface area contributed by atoms with Crippen molar-refractivity contribution in [3.63, 3.8) is 0 Å². The third-order valence-corrected chi connectivity index (χ3v) is 4.13. The van der Waals surface area contributed by atoms with E-state index in [0.29, 0.717) is 18.4 Å². The topological polar surface area (TPSA) is 38.3 Å². The highest BCUT2D eigenvalue weighted by molar-refractivity contribution is 5.76. The van der Waals surface area contributed by atoms with Crippen molar-refractivity contribution >= 4 is 5.91 Å². The van der Waals surface area contributed by atoms with E-state index in [-0.39, 0.29) is 23.6 Å². The van der Waals surface area contributed by atoms with E-state index in [1.54, 1.807) is 18.2 Å². The van der Waals surface area contributed by atoms with Crippen LogP contribution in [0.1, 0.15) is 43.9 Å². The lowest BCUT2D eigenvalue weighted by Crippen LogP contribution is -2.23. The monoisotopic (exact) mass is 361 g/mol. The molecule has 0 spiro atoms. The number of ether oxygens (including phenoxy) is 1. The lowest BCUT2D eigenvalue weighted by atomic mass is 9.86. The van der Waals surface area contributed by atoms with Gasteiger partial charge in [0.25, 0.3) is 0 Å². The lowest BCUT2D eigenvalue weighted by molar-refractivity contribution is -0.121. The highest BCUT2D eigenvalue weighted by Crippen LogP contribution is 2.22. The molecule has 0 aliphatic carbocycles. The molecule has 26 heavy (non-hydrogen) atoms. The van der Waals surface area contributed by atoms with Gasteiger partial charge in [-0.05, 0) is 29.0 Å². The molecule has 0 aliphatic rings. The van der Waals surface area contributed by atoms with Crippen LogP contribution in [-0.2, 0) is 23.2 Å². The Kier molecular flexibility index (Phi) is 6.72.